The van der Waals surface area contributed by atoms with Crippen molar-refractivity contribution in [1.82, 2.24) is 5.32 Å². The molecule has 4 nitrogen and oxygen atoms in total. The predicted molar refractivity (Wildman–Crippen MR) is 81.7 cm³/mol. The number of ether oxygens (including phenoxy) is 1. The molecule has 1 aromatic carbocycles. The molecule has 1 amide bonds. The lowest BCUT2D eigenvalue weighted by atomic mass is 9.94. The van der Waals surface area contributed by atoms with Gasteiger partial charge in [0.15, 0.2) is 0 Å². The van der Waals surface area contributed by atoms with E-state index < -0.39 is 0 Å². The van der Waals surface area contributed by atoms with E-state index in [-0.39, 0.29) is 11.4 Å². The smallest absolute Gasteiger partial charge is 0.220 e. The molecule has 0 saturated carbocycles. The number of para-hydroxylation sites is 1. The molecule has 0 aliphatic rings. The van der Waals surface area contributed by atoms with Crippen LogP contribution in [0.5, 0.6) is 5.75 Å². The topological polar surface area (TPSA) is 64.3 Å². The maximum absolute atomic E-state index is 11.7. The molecule has 0 bridgehead atoms. The summed E-state index contributed by atoms with van der Waals surface area (Å²) in [5.74, 6) is 0.879. The standard InChI is InChI=1S/C16H26N2O2/c1-3-16(17,4-2)13-18-15(19)11-8-12-20-14-9-6-5-7-10-14/h5-7,9-10H,3-4,8,11-13,17H2,1-2H3,(H,18,19). The van der Waals surface area contributed by atoms with Gasteiger partial charge in [0, 0.05) is 18.5 Å². The van der Waals surface area contributed by atoms with Gasteiger partial charge in [-0.3, -0.25) is 4.79 Å². The molecule has 112 valence electrons. The molecule has 1 aromatic rings. The minimum atomic E-state index is -0.282. The summed E-state index contributed by atoms with van der Waals surface area (Å²) in [6, 6.07) is 9.62. The summed E-state index contributed by atoms with van der Waals surface area (Å²) in [4.78, 5) is 11.7. The lowest BCUT2D eigenvalue weighted by molar-refractivity contribution is -0.121. The summed E-state index contributed by atoms with van der Waals surface area (Å²) >= 11 is 0. The normalized spacial score (nSPS) is 11.2. The summed E-state index contributed by atoms with van der Waals surface area (Å²) in [5, 5.41) is 2.90. The molecule has 0 unspecified atom stereocenters. The second-order valence-corrected chi connectivity index (χ2v) is 5.11. The van der Waals surface area contributed by atoms with Crippen molar-refractivity contribution >= 4 is 5.91 Å². The van der Waals surface area contributed by atoms with E-state index in [2.05, 4.69) is 5.32 Å². The number of rotatable bonds is 9. The molecule has 0 aliphatic carbocycles. The van der Waals surface area contributed by atoms with Gasteiger partial charge >= 0.3 is 0 Å². The van der Waals surface area contributed by atoms with Crippen LogP contribution in [0, 0.1) is 0 Å². The maximum Gasteiger partial charge on any atom is 0.220 e. The zero-order valence-electron chi connectivity index (χ0n) is 12.5. The number of nitrogens with two attached hydrogens (primary N) is 1. The number of hydrogen-bond donors (Lipinski definition) is 2. The highest BCUT2D eigenvalue weighted by Gasteiger charge is 2.20. The Bertz CT molecular complexity index is 389. The SMILES string of the molecule is CCC(N)(CC)CNC(=O)CCCOc1ccccc1. The van der Waals surface area contributed by atoms with E-state index in [0.29, 0.717) is 26.0 Å². The van der Waals surface area contributed by atoms with Gasteiger partial charge < -0.3 is 15.8 Å². The molecular formula is C16H26N2O2. The zero-order valence-corrected chi connectivity index (χ0v) is 12.5. The lowest BCUT2D eigenvalue weighted by Gasteiger charge is -2.26. The lowest BCUT2D eigenvalue weighted by Crippen LogP contribution is -2.49. The second-order valence-electron chi connectivity index (χ2n) is 5.11. The number of amides is 1. The van der Waals surface area contributed by atoms with Crippen LogP contribution < -0.4 is 15.8 Å². The van der Waals surface area contributed by atoms with Crippen LogP contribution in [0.15, 0.2) is 30.3 Å². The van der Waals surface area contributed by atoms with Gasteiger partial charge in [0.2, 0.25) is 5.91 Å². The van der Waals surface area contributed by atoms with Gasteiger partial charge in [-0.1, -0.05) is 32.0 Å². The molecule has 0 atom stereocenters. The summed E-state index contributed by atoms with van der Waals surface area (Å²) in [7, 11) is 0. The average molecular weight is 278 g/mol. The molecule has 4 heteroatoms. The highest BCUT2D eigenvalue weighted by Crippen LogP contribution is 2.10. The Morgan fingerprint density at radius 3 is 2.50 bits per heavy atom. The minimum Gasteiger partial charge on any atom is -0.494 e. The van der Waals surface area contributed by atoms with Gasteiger partial charge in [-0.25, -0.2) is 0 Å². The van der Waals surface area contributed by atoms with Gasteiger partial charge in [0.25, 0.3) is 0 Å². The summed E-state index contributed by atoms with van der Waals surface area (Å²) < 4.78 is 5.54. The van der Waals surface area contributed by atoms with Crippen LogP contribution in [0.3, 0.4) is 0 Å². The molecule has 0 spiro atoms. The third-order valence-corrected chi connectivity index (χ3v) is 3.61. The van der Waals surface area contributed by atoms with Crippen molar-refractivity contribution < 1.29 is 9.53 Å². The predicted octanol–water partition coefficient (Wildman–Crippen LogP) is 2.48. The van der Waals surface area contributed by atoms with E-state index in [1.165, 1.54) is 0 Å². The first-order valence-electron chi connectivity index (χ1n) is 7.33. The van der Waals surface area contributed by atoms with Crippen LogP contribution in [0.25, 0.3) is 0 Å². The Morgan fingerprint density at radius 1 is 1.25 bits per heavy atom. The molecule has 1 rings (SSSR count). The van der Waals surface area contributed by atoms with E-state index >= 15 is 0 Å². The van der Waals surface area contributed by atoms with Crippen molar-refractivity contribution in [2.24, 2.45) is 5.73 Å². The van der Waals surface area contributed by atoms with Crippen molar-refractivity contribution in [2.45, 2.75) is 45.1 Å². The quantitative estimate of drug-likeness (QED) is 0.682. The maximum atomic E-state index is 11.7. The zero-order chi connectivity index (χ0) is 14.8. The molecule has 0 aliphatic heterocycles. The molecular weight excluding hydrogens is 252 g/mol. The first-order chi connectivity index (χ1) is 9.59. The largest absolute Gasteiger partial charge is 0.494 e. The molecule has 0 heterocycles. The molecule has 0 radical (unpaired) electrons. The van der Waals surface area contributed by atoms with Gasteiger partial charge in [-0.15, -0.1) is 0 Å². The van der Waals surface area contributed by atoms with Crippen LogP contribution in [-0.2, 0) is 4.79 Å². The van der Waals surface area contributed by atoms with Gasteiger partial charge in [0.05, 0.1) is 6.61 Å². The van der Waals surface area contributed by atoms with E-state index in [0.717, 1.165) is 18.6 Å². The van der Waals surface area contributed by atoms with E-state index in [9.17, 15) is 4.79 Å². The van der Waals surface area contributed by atoms with Crippen LogP contribution >= 0.6 is 0 Å². The third-order valence-electron chi connectivity index (χ3n) is 3.61. The van der Waals surface area contributed by atoms with Crippen molar-refractivity contribution in [2.75, 3.05) is 13.2 Å². The molecule has 0 aromatic heterocycles. The highest BCUT2D eigenvalue weighted by molar-refractivity contribution is 5.75. The Kier molecular flexibility index (Phi) is 7.09. The Morgan fingerprint density at radius 2 is 1.90 bits per heavy atom. The fraction of sp³-hybridized carbons (Fsp3) is 0.562. The fourth-order valence-electron chi connectivity index (χ4n) is 1.80. The highest BCUT2D eigenvalue weighted by atomic mass is 16.5. The summed E-state index contributed by atoms with van der Waals surface area (Å²) in [6.07, 6.45) is 2.90. The Labute approximate surface area is 121 Å². The molecule has 0 saturated heterocycles. The number of benzene rings is 1. The fourth-order valence-corrected chi connectivity index (χ4v) is 1.80. The van der Waals surface area contributed by atoms with Crippen molar-refractivity contribution in [3.63, 3.8) is 0 Å². The second kappa shape index (κ2) is 8.59. The molecule has 20 heavy (non-hydrogen) atoms. The van der Waals surface area contributed by atoms with Crippen LogP contribution in [-0.4, -0.2) is 24.6 Å². The average Bonchev–Trinajstić information content (AvgIpc) is 2.50. The van der Waals surface area contributed by atoms with E-state index in [1.54, 1.807) is 0 Å². The summed E-state index contributed by atoms with van der Waals surface area (Å²) in [5.41, 5.74) is 5.85. The van der Waals surface area contributed by atoms with Crippen molar-refractivity contribution in [3.05, 3.63) is 30.3 Å². The van der Waals surface area contributed by atoms with Crippen molar-refractivity contribution in [1.29, 1.82) is 0 Å². The first-order valence-corrected chi connectivity index (χ1v) is 7.33. The van der Waals surface area contributed by atoms with Gasteiger partial charge in [-0.05, 0) is 31.4 Å². The molecule has 0 fully saturated rings. The summed E-state index contributed by atoms with van der Waals surface area (Å²) in [6.45, 7) is 5.18. The number of hydrogen-bond acceptors (Lipinski definition) is 3. The van der Waals surface area contributed by atoms with Crippen LogP contribution in [0.1, 0.15) is 39.5 Å². The van der Waals surface area contributed by atoms with E-state index in [4.69, 9.17) is 10.5 Å². The first kappa shape index (κ1) is 16.5. The van der Waals surface area contributed by atoms with Crippen molar-refractivity contribution in [3.8, 4) is 5.75 Å². The van der Waals surface area contributed by atoms with Crippen LogP contribution in [0.2, 0.25) is 0 Å². The Hall–Kier alpha value is -1.55. The van der Waals surface area contributed by atoms with E-state index in [1.807, 2.05) is 44.2 Å². The monoisotopic (exact) mass is 278 g/mol. The van der Waals surface area contributed by atoms with Crippen LogP contribution in [0.4, 0.5) is 0 Å². The third kappa shape index (κ3) is 6.06. The Balaban J connectivity index is 2.14. The molecule has 3 N–H and O–H groups in total. The number of carbonyl (C=O) groups is 1. The number of carbonyl (C=O) groups excluding carboxylic acids is 1. The minimum absolute atomic E-state index is 0.0402. The van der Waals surface area contributed by atoms with Gasteiger partial charge in [-0.2, -0.15) is 0 Å². The van der Waals surface area contributed by atoms with Gasteiger partial charge in [0.1, 0.15) is 5.75 Å². The number of nitrogens with one attached hydrogen (secondary N) is 1.